The highest BCUT2D eigenvalue weighted by molar-refractivity contribution is 5.71. The highest BCUT2D eigenvalue weighted by Crippen LogP contribution is 1.87. The van der Waals surface area contributed by atoms with Gasteiger partial charge in [0.2, 0.25) is 0 Å². The Hall–Kier alpha value is -0.570. The second-order valence-corrected chi connectivity index (χ2v) is 2.72. The third-order valence-electron chi connectivity index (χ3n) is 1.06. The molecule has 0 aliphatic carbocycles. The molecule has 0 heterocycles. The summed E-state index contributed by atoms with van der Waals surface area (Å²) in [7, 11) is 0. The Morgan fingerprint density at radius 2 is 2.18 bits per heavy atom. The quantitative estimate of drug-likeness (QED) is 0.479. The first-order valence-corrected chi connectivity index (χ1v) is 4.07. The molecule has 3 nitrogen and oxygen atoms in total. The zero-order chi connectivity index (χ0) is 8.69. The van der Waals surface area contributed by atoms with Crippen LogP contribution in [0.4, 0.5) is 0 Å². The van der Waals surface area contributed by atoms with Crippen LogP contribution < -0.4 is 5.32 Å². The zero-order valence-electron chi connectivity index (χ0n) is 7.52. The van der Waals surface area contributed by atoms with Crippen LogP contribution in [0, 0.1) is 0 Å². The van der Waals surface area contributed by atoms with E-state index in [0.717, 1.165) is 13.0 Å². The van der Waals surface area contributed by atoms with Crippen LogP contribution in [-0.2, 0) is 9.53 Å². The number of nitrogens with one attached hydrogen (secondary N) is 1. The average Bonchev–Trinajstić information content (AvgIpc) is 1.86. The van der Waals surface area contributed by atoms with E-state index in [1.165, 1.54) is 0 Å². The van der Waals surface area contributed by atoms with Crippen LogP contribution in [0.15, 0.2) is 0 Å². The molecule has 0 rings (SSSR count). The van der Waals surface area contributed by atoms with E-state index in [-0.39, 0.29) is 12.1 Å². The second-order valence-electron chi connectivity index (χ2n) is 2.72. The van der Waals surface area contributed by atoms with Gasteiger partial charge in [0.05, 0.1) is 12.6 Å². The third-order valence-corrected chi connectivity index (χ3v) is 1.06. The van der Waals surface area contributed by atoms with E-state index in [4.69, 9.17) is 4.74 Å². The highest BCUT2D eigenvalue weighted by Gasteiger charge is 2.02. The van der Waals surface area contributed by atoms with E-state index in [2.05, 4.69) is 12.2 Å². The summed E-state index contributed by atoms with van der Waals surface area (Å²) in [6, 6.07) is 0. The van der Waals surface area contributed by atoms with E-state index < -0.39 is 0 Å². The normalized spacial score (nSPS) is 10.2. The Balaban J connectivity index is 3.23. The molecule has 3 heteroatoms. The summed E-state index contributed by atoms with van der Waals surface area (Å²) < 4.78 is 4.90. The van der Waals surface area contributed by atoms with Gasteiger partial charge in [-0.3, -0.25) is 4.79 Å². The van der Waals surface area contributed by atoms with Gasteiger partial charge in [-0.1, -0.05) is 6.92 Å². The third kappa shape index (κ3) is 7.33. The van der Waals surface area contributed by atoms with Gasteiger partial charge < -0.3 is 10.1 Å². The Kier molecular flexibility index (Phi) is 5.84. The predicted molar refractivity (Wildman–Crippen MR) is 44.4 cm³/mol. The highest BCUT2D eigenvalue weighted by atomic mass is 16.5. The SMILES string of the molecule is CCCNCC(=O)OC(C)C. The predicted octanol–water partition coefficient (Wildman–Crippen LogP) is 0.938. The van der Waals surface area contributed by atoms with E-state index in [0.29, 0.717) is 6.54 Å². The number of carbonyl (C=O) groups is 1. The molecule has 0 spiro atoms. The fraction of sp³-hybridized carbons (Fsp3) is 0.875. The summed E-state index contributed by atoms with van der Waals surface area (Å²) in [5, 5.41) is 2.97. The number of esters is 1. The van der Waals surface area contributed by atoms with Crippen molar-refractivity contribution in [2.24, 2.45) is 0 Å². The molecule has 0 saturated carbocycles. The lowest BCUT2D eigenvalue weighted by Gasteiger charge is -2.07. The lowest BCUT2D eigenvalue weighted by molar-refractivity contribution is -0.146. The molecule has 11 heavy (non-hydrogen) atoms. The molecule has 0 aliphatic heterocycles. The van der Waals surface area contributed by atoms with Gasteiger partial charge in [-0.15, -0.1) is 0 Å². The minimum absolute atomic E-state index is 0.00840. The number of carbonyl (C=O) groups excluding carboxylic acids is 1. The fourth-order valence-corrected chi connectivity index (χ4v) is 0.672. The first kappa shape index (κ1) is 10.4. The van der Waals surface area contributed by atoms with Crippen LogP contribution in [0.25, 0.3) is 0 Å². The van der Waals surface area contributed by atoms with Crippen molar-refractivity contribution < 1.29 is 9.53 Å². The number of hydrogen-bond donors (Lipinski definition) is 1. The van der Waals surface area contributed by atoms with Crippen molar-refractivity contribution >= 4 is 5.97 Å². The van der Waals surface area contributed by atoms with Gasteiger partial charge in [-0.05, 0) is 26.8 Å². The van der Waals surface area contributed by atoms with Crippen molar-refractivity contribution in [3.8, 4) is 0 Å². The lowest BCUT2D eigenvalue weighted by Crippen LogP contribution is -2.27. The molecule has 0 aliphatic rings. The molecule has 66 valence electrons. The Labute approximate surface area is 68.1 Å². The van der Waals surface area contributed by atoms with Gasteiger partial charge in [0, 0.05) is 0 Å². The molecule has 0 amide bonds. The average molecular weight is 159 g/mol. The largest absolute Gasteiger partial charge is 0.462 e. The van der Waals surface area contributed by atoms with Gasteiger partial charge >= 0.3 is 5.97 Å². The summed E-state index contributed by atoms with van der Waals surface area (Å²) in [5.41, 5.74) is 0. The first-order chi connectivity index (χ1) is 5.16. The molecule has 0 aromatic carbocycles. The first-order valence-electron chi connectivity index (χ1n) is 4.07. The molecule has 1 N–H and O–H groups in total. The maximum atomic E-state index is 10.8. The second kappa shape index (κ2) is 6.16. The molecular weight excluding hydrogens is 142 g/mol. The van der Waals surface area contributed by atoms with Gasteiger partial charge in [0.1, 0.15) is 0 Å². The van der Waals surface area contributed by atoms with Gasteiger partial charge in [-0.2, -0.15) is 0 Å². The van der Waals surface area contributed by atoms with E-state index in [1.54, 1.807) is 0 Å². The maximum absolute atomic E-state index is 10.8. The van der Waals surface area contributed by atoms with Crippen molar-refractivity contribution in [3.05, 3.63) is 0 Å². The summed E-state index contributed by atoms with van der Waals surface area (Å²) in [6.45, 7) is 6.94. The number of rotatable bonds is 5. The molecule has 0 aromatic heterocycles. The van der Waals surface area contributed by atoms with Crippen molar-refractivity contribution in [1.29, 1.82) is 0 Å². The standard InChI is InChI=1S/C8H17NO2/c1-4-5-9-6-8(10)11-7(2)3/h7,9H,4-6H2,1-3H3. The van der Waals surface area contributed by atoms with Crippen LogP contribution in [0.3, 0.4) is 0 Å². The fourth-order valence-electron chi connectivity index (χ4n) is 0.672. The smallest absolute Gasteiger partial charge is 0.320 e. The molecule has 0 atom stereocenters. The van der Waals surface area contributed by atoms with Crippen molar-refractivity contribution in [2.75, 3.05) is 13.1 Å². The van der Waals surface area contributed by atoms with Crippen LogP contribution in [0.2, 0.25) is 0 Å². The van der Waals surface area contributed by atoms with Crippen LogP contribution >= 0.6 is 0 Å². The lowest BCUT2D eigenvalue weighted by atomic mass is 10.4. The molecule has 0 radical (unpaired) electrons. The minimum atomic E-state index is -0.173. The molecule has 0 unspecified atom stereocenters. The zero-order valence-corrected chi connectivity index (χ0v) is 7.52. The maximum Gasteiger partial charge on any atom is 0.320 e. The topological polar surface area (TPSA) is 38.3 Å². The van der Waals surface area contributed by atoms with E-state index >= 15 is 0 Å². The van der Waals surface area contributed by atoms with Crippen LogP contribution in [0.1, 0.15) is 27.2 Å². The Bertz CT molecular complexity index is 113. The molecule has 0 fully saturated rings. The van der Waals surface area contributed by atoms with E-state index in [9.17, 15) is 4.79 Å². The Morgan fingerprint density at radius 3 is 2.64 bits per heavy atom. The Morgan fingerprint density at radius 1 is 1.55 bits per heavy atom. The summed E-state index contributed by atoms with van der Waals surface area (Å²) >= 11 is 0. The van der Waals surface area contributed by atoms with E-state index in [1.807, 2.05) is 13.8 Å². The molecule has 0 saturated heterocycles. The molecule has 0 aromatic rings. The van der Waals surface area contributed by atoms with Crippen molar-refractivity contribution in [2.45, 2.75) is 33.3 Å². The van der Waals surface area contributed by atoms with Crippen LogP contribution in [-0.4, -0.2) is 25.2 Å². The monoisotopic (exact) mass is 159 g/mol. The van der Waals surface area contributed by atoms with Gasteiger partial charge in [-0.25, -0.2) is 0 Å². The van der Waals surface area contributed by atoms with Crippen LogP contribution in [0.5, 0.6) is 0 Å². The summed E-state index contributed by atoms with van der Waals surface area (Å²) in [6.07, 6.45) is 1.03. The number of hydrogen-bond acceptors (Lipinski definition) is 3. The van der Waals surface area contributed by atoms with Crippen molar-refractivity contribution in [1.82, 2.24) is 5.32 Å². The molecule has 0 bridgehead atoms. The van der Waals surface area contributed by atoms with Gasteiger partial charge in [0.15, 0.2) is 0 Å². The minimum Gasteiger partial charge on any atom is -0.462 e. The number of ether oxygens (including phenoxy) is 1. The summed E-state index contributed by atoms with van der Waals surface area (Å²) in [4.78, 5) is 10.8. The molecular formula is C8H17NO2. The van der Waals surface area contributed by atoms with Crippen molar-refractivity contribution in [3.63, 3.8) is 0 Å². The summed E-state index contributed by atoms with van der Waals surface area (Å²) in [5.74, 6) is -0.173. The van der Waals surface area contributed by atoms with Gasteiger partial charge in [0.25, 0.3) is 0 Å².